The van der Waals surface area contributed by atoms with E-state index < -0.39 is 21.2 Å². The number of ether oxygens (including phenoxy) is 1. The average Bonchev–Trinajstić information content (AvgIpc) is 3.64. The van der Waals surface area contributed by atoms with Gasteiger partial charge in [-0.3, -0.25) is 13.9 Å². The first-order valence-electron chi connectivity index (χ1n) is 19.2. The SMILES string of the molecule is CCCCCCCCCCCCOCCCN1C(C(Sc2nnnn2-c2ccccc2)C(=O)Nc2cc(NC(C)=O)ccc2C)=Nc2ccccc2S1(=O)=O. The van der Waals surface area contributed by atoms with E-state index in [1.165, 1.54) is 73.3 Å². The van der Waals surface area contributed by atoms with Crippen LogP contribution in [0.25, 0.3) is 5.69 Å². The number of para-hydroxylation sites is 2. The Labute approximate surface area is 328 Å². The number of benzene rings is 3. The molecular formula is C40H52N8O5S2. The highest BCUT2D eigenvalue weighted by Crippen LogP contribution is 2.37. The summed E-state index contributed by atoms with van der Waals surface area (Å²) in [5, 5.41) is 17.0. The van der Waals surface area contributed by atoms with Crippen LogP contribution in [-0.4, -0.2) is 75.6 Å². The van der Waals surface area contributed by atoms with E-state index in [9.17, 15) is 18.0 Å². The lowest BCUT2D eigenvalue weighted by Crippen LogP contribution is -2.48. The number of aromatic nitrogens is 4. The van der Waals surface area contributed by atoms with Crippen molar-refractivity contribution in [3.05, 3.63) is 78.4 Å². The molecule has 2 amide bonds. The zero-order valence-corrected chi connectivity index (χ0v) is 33.6. The normalized spacial score (nSPS) is 13.9. The standard InChI is InChI=1S/C40H52N8O5S2/c1-4-5-6-7-8-9-10-11-12-18-27-53-28-19-26-47-38(42-34-22-16-17-23-36(34)55(47,51)52)37(54-40-44-45-46-48(40)33-20-14-13-15-21-33)39(50)43-35-29-32(41-31(3)49)25-24-30(35)2/h13-17,20-25,29,37H,4-12,18-19,26-28H2,1-3H3,(H,41,49)(H,43,50). The Morgan fingerprint density at radius 1 is 0.836 bits per heavy atom. The average molecular weight is 789 g/mol. The topological polar surface area (TPSA) is 161 Å². The first-order valence-corrected chi connectivity index (χ1v) is 21.5. The van der Waals surface area contributed by atoms with E-state index in [1.54, 1.807) is 36.4 Å². The second-order valence-corrected chi connectivity index (χ2v) is 16.5. The molecule has 13 nitrogen and oxygen atoms in total. The number of thioether (sulfide) groups is 1. The number of rotatable bonds is 22. The number of hydrogen-bond acceptors (Lipinski definition) is 10. The van der Waals surface area contributed by atoms with Gasteiger partial charge in [-0.2, -0.15) is 4.68 Å². The van der Waals surface area contributed by atoms with E-state index in [2.05, 4.69) is 33.1 Å². The second kappa shape index (κ2) is 20.9. The van der Waals surface area contributed by atoms with Gasteiger partial charge >= 0.3 is 0 Å². The monoisotopic (exact) mass is 788 g/mol. The van der Waals surface area contributed by atoms with Crippen LogP contribution in [0.4, 0.5) is 17.1 Å². The third kappa shape index (κ3) is 11.7. The van der Waals surface area contributed by atoms with Crippen LogP contribution < -0.4 is 10.6 Å². The predicted molar refractivity (Wildman–Crippen MR) is 218 cm³/mol. The van der Waals surface area contributed by atoms with Gasteiger partial charge in [-0.05, 0) is 72.2 Å². The van der Waals surface area contributed by atoms with Gasteiger partial charge in [-0.25, -0.2) is 13.4 Å². The van der Waals surface area contributed by atoms with Crippen LogP contribution in [0.1, 0.15) is 90.0 Å². The predicted octanol–water partition coefficient (Wildman–Crippen LogP) is 8.09. The summed E-state index contributed by atoms with van der Waals surface area (Å²) < 4.78 is 37.3. The molecule has 1 aliphatic heterocycles. The highest BCUT2D eigenvalue weighted by Gasteiger charge is 2.41. The second-order valence-electron chi connectivity index (χ2n) is 13.6. The molecule has 0 radical (unpaired) electrons. The molecule has 1 aromatic heterocycles. The summed E-state index contributed by atoms with van der Waals surface area (Å²) in [6.07, 6.45) is 12.7. The van der Waals surface area contributed by atoms with Gasteiger partial charge in [0.1, 0.15) is 10.7 Å². The van der Waals surface area contributed by atoms with Crippen LogP contribution >= 0.6 is 11.8 Å². The van der Waals surface area contributed by atoms with Crippen molar-refractivity contribution in [2.75, 3.05) is 30.4 Å². The smallest absolute Gasteiger partial charge is 0.267 e. The molecule has 0 fully saturated rings. The molecule has 2 heterocycles. The highest BCUT2D eigenvalue weighted by atomic mass is 32.2. The number of tetrazole rings is 1. The van der Waals surface area contributed by atoms with Crippen molar-refractivity contribution in [2.45, 2.75) is 107 Å². The summed E-state index contributed by atoms with van der Waals surface area (Å²) in [4.78, 5) is 31.2. The van der Waals surface area contributed by atoms with Crippen molar-refractivity contribution >= 4 is 56.5 Å². The molecule has 1 aliphatic rings. The zero-order chi connectivity index (χ0) is 39.0. The van der Waals surface area contributed by atoms with Gasteiger partial charge in [-0.1, -0.05) is 113 Å². The minimum atomic E-state index is -4.12. The Bertz CT molecular complexity index is 2010. The van der Waals surface area contributed by atoms with Crippen LogP contribution in [0.15, 0.2) is 87.8 Å². The Kier molecular flexibility index (Phi) is 15.8. The number of nitrogens with zero attached hydrogens (tertiary/aromatic N) is 6. The number of aryl methyl sites for hydroxylation is 1. The van der Waals surface area contributed by atoms with E-state index in [1.807, 2.05) is 37.3 Å². The number of hydrogen-bond donors (Lipinski definition) is 2. The van der Waals surface area contributed by atoms with Gasteiger partial charge in [0.15, 0.2) is 5.25 Å². The van der Waals surface area contributed by atoms with Crippen LogP contribution in [0.2, 0.25) is 0 Å². The van der Waals surface area contributed by atoms with Crippen molar-refractivity contribution in [3.8, 4) is 5.69 Å². The van der Waals surface area contributed by atoms with E-state index in [0.29, 0.717) is 36.7 Å². The number of carbonyl (C=O) groups is 2. The van der Waals surface area contributed by atoms with Crippen molar-refractivity contribution in [1.29, 1.82) is 0 Å². The molecule has 0 saturated heterocycles. The Hall–Kier alpha value is -4.60. The highest BCUT2D eigenvalue weighted by molar-refractivity contribution is 8.01. The van der Waals surface area contributed by atoms with E-state index in [0.717, 1.165) is 30.2 Å². The van der Waals surface area contributed by atoms with Crippen molar-refractivity contribution in [3.63, 3.8) is 0 Å². The number of aliphatic imine (C=N–C) groups is 1. The van der Waals surface area contributed by atoms with Gasteiger partial charge in [0.05, 0.1) is 11.4 Å². The molecule has 55 heavy (non-hydrogen) atoms. The number of anilines is 2. The van der Waals surface area contributed by atoms with E-state index >= 15 is 0 Å². The van der Waals surface area contributed by atoms with E-state index in [-0.39, 0.29) is 34.0 Å². The molecule has 0 saturated carbocycles. The Morgan fingerprint density at radius 2 is 1.51 bits per heavy atom. The third-order valence-electron chi connectivity index (χ3n) is 9.17. The lowest BCUT2D eigenvalue weighted by atomic mass is 10.1. The number of amides is 2. The molecule has 0 aliphatic carbocycles. The van der Waals surface area contributed by atoms with Crippen LogP contribution in [0.5, 0.6) is 0 Å². The minimum Gasteiger partial charge on any atom is -0.381 e. The van der Waals surface area contributed by atoms with Gasteiger partial charge in [0.25, 0.3) is 10.0 Å². The number of amidine groups is 1. The fourth-order valence-electron chi connectivity index (χ4n) is 6.27. The first kappa shape index (κ1) is 41.6. The van der Waals surface area contributed by atoms with Crippen molar-refractivity contribution in [1.82, 2.24) is 24.5 Å². The summed E-state index contributed by atoms with van der Waals surface area (Å²) in [5.74, 6) is -0.786. The van der Waals surface area contributed by atoms with Gasteiger partial charge in [0, 0.05) is 38.1 Å². The maximum atomic E-state index is 14.5. The molecule has 294 valence electrons. The summed E-state index contributed by atoms with van der Waals surface area (Å²) in [7, 11) is -4.12. The number of unbranched alkanes of at least 4 members (excludes halogenated alkanes) is 9. The minimum absolute atomic E-state index is 0.0224. The quantitative estimate of drug-likeness (QED) is 0.0593. The lowest BCUT2D eigenvalue weighted by molar-refractivity contribution is -0.115. The maximum absolute atomic E-state index is 14.5. The molecule has 1 unspecified atom stereocenters. The number of carbonyl (C=O) groups excluding carboxylic acids is 2. The molecule has 0 spiro atoms. The summed E-state index contributed by atoms with van der Waals surface area (Å²) in [5.41, 5.74) is 2.57. The molecule has 2 N–H and O–H groups in total. The van der Waals surface area contributed by atoms with Gasteiger partial charge in [0.2, 0.25) is 17.0 Å². The van der Waals surface area contributed by atoms with Crippen molar-refractivity contribution in [2.24, 2.45) is 4.99 Å². The van der Waals surface area contributed by atoms with Crippen LogP contribution in [0.3, 0.4) is 0 Å². The molecule has 5 rings (SSSR count). The molecule has 15 heteroatoms. The van der Waals surface area contributed by atoms with Gasteiger partial charge in [-0.15, -0.1) is 5.10 Å². The molecular weight excluding hydrogens is 737 g/mol. The molecule has 4 aromatic rings. The summed E-state index contributed by atoms with van der Waals surface area (Å²) >= 11 is 0.990. The molecule has 0 bridgehead atoms. The number of nitrogens with one attached hydrogen (secondary N) is 2. The lowest BCUT2D eigenvalue weighted by Gasteiger charge is -2.33. The Morgan fingerprint density at radius 3 is 2.24 bits per heavy atom. The first-order chi connectivity index (χ1) is 26.7. The molecule has 3 aromatic carbocycles. The maximum Gasteiger partial charge on any atom is 0.267 e. The summed E-state index contributed by atoms with van der Waals surface area (Å²) in [6, 6.07) is 20.9. The Balaban J connectivity index is 1.35. The third-order valence-corrected chi connectivity index (χ3v) is 12.1. The van der Waals surface area contributed by atoms with Crippen LogP contribution in [-0.2, 0) is 24.3 Å². The fraction of sp³-hybridized carbons (Fsp3) is 0.450. The summed E-state index contributed by atoms with van der Waals surface area (Å²) in [6.45, 7) is 6.46. The van der Waals surface area contributed by atoms with E-state index in [4.69, 9.17) is 9.73 Å². The van der Waals surface area contributed by atoms with Gasteiger partial charge < -0.3 is 15.4 Å². The molecule has 1 atom stereocenters. The van der Waals surface area contributed by atoms with Crippen molar-refractivity contribution < 1.29 is 22.7 Å². The number of fused-ring (bicyclic) bond motifs is 1. The largest absolute Gasteiger partial charge is 0.381 e. The van der Waals surface area contributed by atoms with Crippen LogP contribution in [0, 0.1) is 6.92 Å². The zero-order valence-electron chi connectivity index (χ0n) is 31.9. The fourth-order valence-corrected chi connectivity index (χ4v) is 8.95. The number of sulfonamides is 1.